The molecule has 0 spiro atoms. The van der Waals surface area contributed by atoms with E-state index >= 15 is 0 Å². The van der Waals surface area contributed by atoms with Gasteiger partial charge in [-0.1, -0.05) is 59.2 Å². The van der Waals surface area contributed by atoms with Gasteiger partial charge in [-0.2, -0.15) is 13.2 Å². The van der Waals surface area contributed by atoms with Crippen LogP contribution in [0.5, 0.6) is 0 Å². The van der Waals surface area contributed by atoms with Crippen LogP contribution < -0.4 is 0 Å². The molecule has 0 amide bonds. The van der Waals surface area contributed by atoms with Crippen molar-refractivity contribution < 1.29 is 18.0 Å². The van der Waals surface area contributed by atoms with Crippen LogP contribution in [-0.4, -0.2) is 19.2 Å². The van der Waals surface area contributed by atoms with Gasteiger partial charge < -0.3 is 0 Å². The van der Waals surface area contributed by atoms with Crippen molar-refractivity contribution in [3.05, 3.63) is 47.7 Å². The summed E-state index contributed by atoms with van der Waals surface area (Å²) in [6.07, 6.45) is -1.08. The first-order valence-corrected chi connectivity index (χ1v) is 8.12. The molecule has 1 aromatic rings. The van der Waals surface area contributed by atoms with E-state index in [2.05, 4.69) is 20.4 Å². The van der Waals surface area contributed by atoms with E-state index in [0.29, 0.717) is 6.42 Å². The van der Waals surface area contributed by atoms with Gasteiger partial charge in [0.15, 0.2) is 0 Å². The molecule has 138 valence electrons. The molecule has 0 N–H and O–H groups in total. The van der Waals surface area contributed by atoms with E-state index in [1.807, 2.05) is 13.8 Å². The van der Waals surface area contributed by atoms with Crippen molar-refractivity contribution >= 4 is 0 Å². The third kappa shape index (κ3) is 7.39. The molecule has 0 unspecified atom stereocenters. The monoisotopic (exact) mass is 345 g/mol. The number of hydrogen-bond acceptors (Lipinski definition) is 2. The van der Waals surface area contributed by atoms with Crippen molar-refractivity contribution in [2.45, 2.75) is 58.5 Å². The van der Waals surface area contributed by atoms with Gasteiger partial charge in [0.05, 0.1) is 12.7 Å². The second kappa shape index (κ2) is 9.72. The summed E-state index contributed by atoms with van der Waals surface area (Å²) in [5, 5.41) is 1.55. The van der Waals surface area contributed by atoms with Gasteiger partial charge in [0.1, 0.15) is 0 Å². The van der Waals surface area contributed by atoms with Gasteiger partial charge in [-0.3, -0.25) is 9.90 Å². The second-order valence-electron chi connectivity index (χ2n) is 6.38. The summed E-state index contributed by atoms with van der Waals surface area (Å²) in [6, 6.07) is 5.26. The summed E-state index contributed by atoms with van der Waals surface area (Å²) in [4.78, 5) is 5.04. The van der Waals surface area contributed by atoms with Crippen molar-refractivity contribution in [1.82, 2.24) is 5.06 Å². The number of alkyl halides is 3. The maximum Gasteiger partial charge on any atom is 0.416 e. The molecule has 0 bridgehead atoms. The predicted molar refractivity (Wildman–Crippen MR) is 93.6 cm³/mol. The zero-order chi connectivity index (χ0) is 19.0. The minimum atomic E-state index is -4.30. The lowest BCUT2D eigenvalue weighted by molar-refractivity contribution is -0.137. The minimum Gasteiger partial charge on any atom is -0.277 e. The van der Waals surface area contributed by atoms with Gasteiger partial charge >= 0.3 is 6.18 Å². The van der Waals surface area contributed by atoms with Gasteiger partial charge in [0.2, 0.25) is 0 Å². The van der Waals surface area contributed by atoms with Crippen molar-refractivity contribution in [1.29, 1.82) is 0 Å². The first-order valence-electron chi connectivity index (χ1n) is 8.12. The van der Waals surface area contributed by atoms with E-state index in [0.717, 1.165) is 23.4 Å². The molecule has 1 rings (SSSR count). The van der Waals surface area contributed by atoms with Crippen LogP contribution in [0.15, 0.2) is 36.5 Å². The van der Waals surface area contributed by atoms with Crippen LogP contribution in [0.4, 0.5) is 13.2 Å². The molecule has 0 fully saturated rings. The smallest absolute Gasteiger partial charge is 0.277 e. The fourth-order valence-electron chi connectivity index (χ4n) is 1.96. The van der Waals surface area contributed by atoms with E-state index in [9.17, 15) is 13.2 Å². The van der Waals surface area contributed by atoms with E-state index < -0.39 is 11.7 Å². The van der Waals surface area contributed by atoms with Crippen molar-refractivity contribution in [2.24, 2.45) is 0 Å². The average Bonchev–Trinajstić information content (AvgIpc) is 2.53. The van der Waals surface area contributed by atoms with Crippen LogP contribution in [-0.2, 0) is 16.4 Å². The SMILES string of the molecule is C=C(CC(C)(C)c1ccc(C(F)(F)F)cc1)N(C)OC.CCCC. The summed E-state index contributed by atoms with van der Waals surface area (Å²) >= 11 is 0. The summed E-state index contributed by atoms with van der Waals surface area (Å²) in [5.41, 5.74) is 0.631. The molecule has 0 aliphatic heterocycles. The van der Waals surface area contributed by atoms with Gasteiger partial charge in [0, 0.05) is 12.7 Å². The molecule has 0 aliphatic rings. The molecule has 0 saturated heterocycles. The Bertz CT molecular complexity index is 490. The van der Waals surface area contributed by atoms with E-state index in [-0.39, 0.29) is 5.41 Å². The quantitative estimate of drug-likeness (QED) is 0.570. The topological polar surface area (TPSA) is 12.5 Å². The number of nitrogens with zero attached hydrogens (tertiary/aromatic N) is 1. The van der Waals surface area contributed by atoms with Crippen LogP contribution in [0.2, 0.25) is 0 Å². The highest BCUT2D eigenvalue weighted by Gasteiger charge is 2.31. The lowest BCUT2D eigenvalue weighted by Crippen LogP contribution is -2.24. The highest BCUT2D eigenvalue weighted by atomic mass is 19.4. The highest BCUT2D eigenvalue weighted by molar-refractivity contribution is 5.30. The third-order valence-electron chi connectivity index (χ3n) is 3.86. The molecule has 2 nitrogen and oxygen atoms in total. The molecule has 0 atom stereocenters. The molecule has 0 aromatic heterocycles. The first-order chi connectivity index (χ1) is 11.0. The minimum absolute atomic E-state index is 0.325. The Kier molecular flexibility index (Phi) is 9.12. The van der Waals surface area contributed by atoms with Crippen LogP contribution in [0, 0.1) is 0 Å². The average molecular weight is 345 g/mol. The van der Waals surface area contributed by atoms with Crippen LogP contribution in [0.3, 0.4) is 0 Å². The maximum atomic E-state index is 12.5. The van der Waals surface area contributed by atoms with E-state index in [1.165, 1.54) is 32.1 Å². The Balaban J connectivity index is 0.00000118. The Morgan fingerprint density at radius 2 is 1.46 bits per heavy atom. The third-order valence-corrected chi connectivity index (χ3v) is 3.86. The van der Waals surface area contributed by atoms with Crippen LogP contribution in [0.1, 0.15) is 58.1 Å². The van der Waals surface area contributed by atoms with Gasteiger partial charge in [-0.15, -0.1) is 0 Å². The first kappa shape index (κ1) is 22.5. The number of allylic oxidation sites excluding steroid dienone is 1. The van der Waals surface area contributed by atoms with Crippen LogP contribution in [0.25, 0.3) is 0 Å². The summed E-state index contributed by atoms with van der Waals surface area (Å²) in [5.74, 6) is 0. The number of benzene rings is 1. The molecular weight excluding hydrogens is 315 g/mol. The van der Waals surface area contributed by atoms with Gasteiger partial charge in [-0.05, 0) is 29.5 Å². The number of halogens is 3. The summed E-state index contributed by atoms with van der Waals surface area (Å²) in [7, 11) is 3.28. The molecule has 5 heteroatoms. The largest absolute Gasteiger partial charge is 0.416 e. The predicted octanol–water partition coefficient (Wildman–Crippen LogP) is 6.19. The Morgan fingerprint density at radius 1 is 1.04 bits per heavy atom. The second-order valence-corrected chi connectivity index (χ2v) is 6.38. The number of hydroxylamine groups is 2. The Morgan fingerprint density at radius 3 is 1.79 bits per heavy atom. The molecule has 0 heterocycles. The lowest BCUT2D eigenvalue weighted by atomic mass is 9.80. The molecule has 0 radical (unpaired) electrons. The van der Waals surface area contributed by atoms with Crippen LogP contribution >= 0.6 is 0 Å². The Hall–Kier alpha value is -1.49. The number of unbranched alkanes of at least 4 members (excludes halogenated alkanes) is 1. The standard InChI is InChI=1S/C15H20F3NO.C4H10/c1-11(19(4)20-5)10-14(2,3)12-6-8-13(9-7-12)15(16,17)18;1-3-4-2/h6-9H,1,10H2,2-5H3;3-4H2,1-2H3. The number of rotatable bonds is 6. The molecule has 0 saturated carbocycles. The van der Waals surface area contributed by atoms with E-state index in [4.69, 9.17) is 4.84 Å². The van der Waals surface area contributed by atoms with Gasteiger partial charge in [0.25, 0.3) is 0 Å². The van der Waals surface area contributed by atoms with E-state index in [1.54, 1.807) is 12.1 Å². The molecule has 1 aromatic carbocycles. The van der Waals surface area contributed by atoms with Gasteiger partial charge in [-0.25, -0.2) is 0 Å². The zero-order valence-electron chi connectivity index (χ0n) is 15.6. The van der Waals surface area contributed by atoms with Crippen molar-refractivity contribution in [2.75, 3.05) is 14.2 Å². The molecule has 0 aliphatic carbocycles. The fourth-order valence-corrected chi connectivity index (χ4v) is 1.96. The highest BCUT2D eigenvalue weighted by Crippen LogP contribution is 2.34. The summed E-state index contributed by atoms with van der Waals surface area (Å²) < 4.78 is 37.6. The lowest BCUT2D eigenvalue weighted by Gasteiger charge is -2.29. The maximum absolute atomic E-state index is 12.5. The molecular formula is C19H30F3NO. The number of hydrogen-bond donors (Lipinski definition) is 0. The summed E-state index contributed by atoms with van der Waals surface area (Å²) in [6.45, 7) is 12.2. The fraction of sp³-hybridized carbons (Fsp3) is 0.579. The van der Waals surface area contributed by atoms with Crippen molar-refractivity contribution in [3.63, 3.8) is 0 Å². The Labute approximate surface area is 144 Å². The van der Waals surface area contributed by atoms with Crippen molar-refractivity contribution in [3.8, 4) is 0 Å². The normalized spacial score (nSPS) is 11.5. The molecule has 24 heavy (non-hydrogen) atoms. The zero-order valence-corrected chi connectivity index (χ0v) is 15.6.